The van der Waals surface area contributed by atoms with Gasteiger partial charge in [-0.15, -0.1) is 0 Å². The van der Waals surface area contributed by atoms with Gasteiger partial charge in [0.25, 0.3) is 0 Å². The summed E-state index contributed by atoms with van der Waals surface area (Å²) in [6, 6.07) is 11.2. The maximum Gasteiger partial charge on any atom is 0.235 e. The van der Waals surface area contributed by atoms with E-state index in [0.29, 0.717) is 17.1 Å². The maximum absolute atomic E-state index is 12.1. The molecule has 0 amide bonds. The van der Waals surface area contributed by atoms with Crippen molar-refractivity contribution in [2.24, 2.45) is 0 Å². The summed E-state index contributed by atoms with van der Waals surface area (Å²) in [7, 11) is -3.27. The van der Waals surface area contributed by atoms with Crippen molar-refractivity contribution in [1.82, 2.24) is 4.57 Å². The number of ether oxygens (including phenoxy) is 2. The molecule has 3 N–H and O–H groups in total. The van der Waals surface area contributed by atoms with Gasteiger partial charge in [0.1, 0.15) is 0 Å². The van der Waals surface area contributed by atoms with Crippen LogP contribution in [0.4, 0.5) is 11.4 Å². The van der Waals surface area contributed by atoms with Crippen LogP contribution < -0.4 is 19.9 Å². The molecule has 8 heteroatoms. The first kappa shape index (κ1) is 17.2. The van der Waals surface area contributed by atoms with Gasteiger partial charge in [-0.2, -0.15) is 0 Å². The fourth-order valence-corrected chi connectivity index (χ4v) is 5.11. The van der Waals surface area contributed by atoms with Crippen molar-refractivity contribution in [2.75, 3.05) is 17.2 Å². The fraction of sp³-hybridized carbons (Fsp3) is 0.300. The standard InChI is InChI=1S/C20H21N3O4S/c1-2-23-16-10-18-17(26-11-27-18)9-15(16)19(21)20(23)12-3-5-13(6-4-12)22-28(24,25)14-7-8-14/h3-6,9-10,14,22H,2,7-8,11,21H2,1H3. The minimum atomic E-state index is -3.27. The van der Waals surface area contributed by atoms with Crippen LogP contribution in [0.2, 0.25) is 0 Å². The highest BCUT2D eigenvalue weighted by molar-refractivity contribution is 7.93. The third-order valence-electron chi connectivity index (χ3n) is 5.29. The molecule has 7 nitrogen and oxygen atoms in total. The molecular formula is C20H21N3O4S. The third-order valence-corrected chi connectivity index (χ3v) is 7.16. The van der Waals surface area contributed by atoms with E-state index in [9.17, 15) is 8.42 Å². The van der Waals surface area contributed by atoms with Crippen molar-refractivity contribution in [3.63, 3.8) is 0 Å². The molecule has 1 aromatic heterocycles. The Balaban J connectivity index is 1.56. The van der Waals surface area contributed by atoms with Crippen LogP contribution in [0.5, 0.6) is 11.5 Å². The summed E-state index contributed by atoms with van der Waals surface area (Å²) in [5.41, 5.74) is 10.5. The van der Waals surface area contributed by atoms with Crippen molar-refractivity contribution in [3.05, 3.63) is 36.4 Å². The van der Waals surface area contributed by atoms with Gasteiger partial charge < -0.3 is 19.8 Å². The first-order valence-electron chi connectivity index (χ1n) is 9.31. The lowest BCUT2D eigenvalue weighted by molar-refractivity contribution is 0.174. The number of fused-ring (bicyclic) bond motifs is 2. The molecule has 2 heterocycles. The van der Waals surface area contributed by atoms with Crippen molar-refractivity contribution >= 4 is 32.3 Å². The lowest BCUT2D eigenvalue weighted by Crippen LogP contribution is -2.17. The van der Waals surface area contributed by atoms with E-state index in [4.69, 9.17) is 15.2 Å². The zero-order valence-electron chi connectivity index (χ0n) is 15.4. The predicted molar refractivity (Wildman–Crippen MR) is 109 cm³/mol. The first-order chi connectivity index (χ1) is 13.5. The number of hydrogen-bond acceptors (Lipinski definition) is 5. The van der Waals surface area contributed by atoms with Gasteiger partial charge in [0.2, 0.25) is 16.8 Å². The second kappa shape index (κ2) is 6.07. The summed E-state index contributed by atoms with van der Waals surface area (Å²) in [6.07, 6.45) is 1.47. The van der Waals surface area contributed by atoms with Gasteiger partial charge >= 0.3 is 0 Å². The topological polar surface area (TPSA) is 95.6 Å². The van der Waals surface area contributed by atoms with Gasteiger partial charge in [-0.25, -0.2) is 8.42 Å². The summed E-state index contributed by atoms with van der Waals surface area (Å²) in [4.78, 5) is 0. The number of nitrogens with one attached hydrogen (secondary N) is 1. The van der Waals surface area contributed by atoms with E-state index >= 15 is 0 Å². The molecule has 1 aliphatic carbocycles. The molecule has 1 saturated carbocycles. The summed E-state index contributed by atoms with van der Waals surface area (Å²) >= 11 is 0. The molecule has 0 saturated heterocycles. The minimum absolute atomic E-state index is 0.221. The number of anilines is 2. The Labute approximate surface area is 163 Å². The molecule has 146 valence electrons. The number of aromatic nitrogens is 1. The van der Waals surface area contributed by atoms with Crippen LogP contribution in [0.3, 0.4) is 0 Å². The molecule has 5 rings (SSSR count). The molecule has 0 unspecified atom stereocenters. The lowest BCUT2D eigenvalue weighted by atomic mass is 10.1. The number of nitrogens with zero attached hydrogens (tertiary/aromatic N) is 1. The van der Waals surface area contributed by atoms with Crippen molar-refractivity contribution in [3.8, 4) is 22.8 Å². The van der Waals surface area contributed by atoms with Gasteiger partial charge in [-0.1, -0.05) is 12.1 Å². The normalized spacial score (nSPS) is 15.9. The molecule has 1 fully saturated rings. The highest BCUT2D eigenvalue weighted by Gasteiger charge is 2.35. The van der Waals surface area contributed by atoms with E-state index in [2.05, 4.69) is 16.2 Å². The third kappa shape index (κ3) is 2.67. The quantitative estimate of drug-likeness (QED) is 0.684. The Morgan fingerprint density at radius 1 is 1.14 bits per heavy atom. The highest BCUT2D eigenvalue weighted by atomic mass is 32.2. The van der Waals surface area contributed by atoms with E-state index in [1.165, 1.54) is 0 Å². The zero-order valence-corrected chi connectivity index (χ0v) is 16.3. The molecule has 3 aromatic rings. The molecular weight excluding hydrogens is 378 g/mol. The monoisotopic (exact) mass is 399 g/mol. The van der Waals surface area contributed by atoms with Crippen LogP contribution in [0, 0.1) is 0 Å². The van der Waals surface area contributed by atoms with Gasteiger partial charge in [0.05, 0.1) is 22.1 Å². The number of nitrogen functional groups attached to an aromatic ring is 1. The second-order valence-electron chi connectivity index (χ2n) is 7.15. The second-order valence-corrected chi connectivity index (χ2v) is 9.11. The lowest BCUT2D eigenvalue weighted by Gasteiger charge is -2.11. The summed E-state index contributed by atoms with van der Waals surface area (Å²) in [5.74, 6) is 1.42. The van der Waals surface area contributed by atoms with Crippen LogP contribution in [-0.4, -0.2) is 25.0 Å². The van der Waals surface area contributed by atoms with Crippen molar-refractivity contribution in [2.45, 2.75) is 31.6 Å². The first-order valence-corrected chi connectivity index (χ1v) is 10.9. The number of sulfonamides is 1. The van der Waals surface area contributed by atoms with Gasteiger partial charge in [-0.05, 0) is 38.0 Å². The molecule has 0 radical (unpaired) electrons. The van der Waals surface area contributed by atoms with Gasteiger partial charge in [0.15, 0.2) is 11.5 Å². The molecule has 0 atom stereocenters. The molecule has 0 bridgehead atoms. The van der Waals surface area contributed by atoms with Crippen LogP contribution >= 0.6 is 0 Å². The predicted octanol–water partition coefficient (Wildman–Crippen LogP) is 3.54. The van der Waals surface area contributed by atoms with Gasteiger partial charge in [-0.3, -0.25) is 4.72 Å². The summed E-state index contributed by atoms with van der Waals surface area (Å²) in [6.45, 7) is 3.02. The summed E-state index contributed by atoms with van der Waals surface area (Å²) < 4.78 is 40.0. The Morgan fingerprint density at radius 2 is 1.82 bits per heavy atom. The van der Waals surface area contributed by atoms with E-state index < -0.39 is 10.0 Å². The number of aryl methyl sites for hydroxylation is 1. The average molecular weight is 399 g/mol. The molecule has 28 heavy (non-hydrogen) atoms. The van der Waals surface area contributed by atoms with Crippen LogP contribution in [0.1, 0.15) is 19.8 Å². The van der Waals surface area contributed by atoms with E-state index in [1.807, 2.05) is 24.3 Å². The smallest absolute Gasteiger partial charge is 0.235 e. The number of nitrogens with two attached hydrogens (primary N) is 1. The Kier molecular flexibility index (Phi) is 3.74. The Hall–Kier alpha value is -2.87. The SMILES string of the molecule is CCn1c(-c2ccc(NS(=O)(=O)C3CC3)cc2)c(N)c2cc3c(cc21)OCO3. The minimum Gasteiger partial charge on any atom is -0.454 e. The number of benzene rings is 2. The van der Waals surface area contributed by atoms with E-state index in [0.717, 1.165) is 47.3 Å². The van der Waals surface area contributed by atoms with Crippen molar-refractivity contribution < 1.29 is 17.9 Å². The molecule has 0 spiro atoms. The highest BCUT2D eigenvalue weighted by Crippen LogP contribution is 2.43. The molecule has 1 aliphatic heterocycles. The summed E-state index contributed by atoms with van der Waals surface area (Å²) in [5, 5.41) is 0.663. The Morgan fingerprint density at radius 3 is 2.46 bits per heavy atom. The van der Waals surface area contributed by atoms with E-state index in [-0.39, 0.29) is 12.0 Å². The average Bonchev–Trinajstić information content (AvgIpc) is 3.39. The van der Waals surface area contributed by atoms with Gasteiger partial charge in [0, 0.05) is 29.2 Å². The largest absolute Gasteiger partial charge is 0.454 e. The zero-order chi connectivity index (χ0) is 19.5. The number of hydrogen-bond donors (Lipinski definition) is 2. The van der Waals surface area contributed by atoms with Crippen LogP contribution in [0.15, 0.2) is 36.4 Å². The Bertz CT molecular complexity index is 1180. The van der Waals surface area contributed by atoms with Crippen LogP contribution in [-0.2, 0) is 16.6 Å². The molecule has 2 aromatic carbocycles. The van der Waals surface area contributed by atoms with Crippen LogP contribution in [0.25, 0.3) is 22.2 Å². The van der Waals surface area contributed by atoms with Crippen molar-refractivity contribution in [1.29, 1.82) is 0 Å². The van der Waals surface area contributed by atoms with E-state index in [1.54, 1.807) is 12.1 Å². The number of rotatable bonds is 5. The molecule has 2 aliphatic rings. The maximum atomic E-state index is 12.1. The fourth-order valence-electron chi connectivity index (χ4n) is 3.73.